The molecule has 0 aliphatic heterocycles. The van der Waals surface area contributed by atoms with Gasteiger partial charge in [0.2, 0.25) is 0 Å². The zero-order valence-corrected chi connectivity index (χ0v) is 14.1. The number of rotatable bonds is 5. The lowest BCUT2D eigenvalue weighted by Gasteiger charge is -2.07. The SMILES string of the molecule is CC(C)c1ccc(/C=C/C(=O)c2cccc(C(F)(F)F)c2)cc1[N+](=O)[O-]. The maximum absolute atomic E-state index is 12.7. The van der Waals surface area contributed by atoms with E-state index in [-0.39, 0.29) is 17.2 Å². The van der Waals surface area contributed by atoms with Gasteiger partial charge in [0.15, 0.2) is 5.78 Å². The van der Waals surface area contributed by atoms with E-state index in [9.17, 15) is 28.1 Å². The first-order chi connectivity index (χ1) is 12.1. The molecule has 0 saturated carbocycles. The van der Waals surface area contributed by atoms with Crippen molar-refractivity contribution in [3.8, 4) is 0 Å². The Bertz CT molecular complexity index is 871. The fraction of sp³-hybridized carbons (Fsp3) is 0.211. The van der Waals surface area contributed by atoms with Crippen molar-refractivity contribution in [1.29, 1.82) is 0 Å². The number of nitrogens with zero attached hydrogens (tertiary/aromatic N) is 1. The maximum Gasteiger partial charge on any atom is 0.416 e. The average molecular weight is 363 g/mol. The minimum Gasteiger partial charge on any atom is -0.289 e. The van der Waals surface area contributed by atoms with Gasteiger partial charge in [0, 0.05) is 17.2 Å². The second-order valence-electron chi connectivity index (χ2n) is 6.01. The molecule has 0 spiro atoms. The number of allylic oxidation sites excluding steroid dienone is 1. The van der Waals surface area contributed by atoms with Crippen molar-refractivity contribution in [3.63, 3.8) is 0 Å². The van der Waals surface area contributed by atoms with E-state index in [0.29, 0.717) is 11.1 Å². The van der Waals surface area contributed by atoms with Crippen LogP contribution in [0.25, 0.3) is 6.08 Å². The van der Waals surface area contributed by atoms with Crippen molar-refractivity contribution in [3.05, 3.63) is 80.9 Å². The van der Waals surface area contributed by atoms with Crippen LogP contribution in [0.5, 0.6) is 0 Å². The number of hydrogen-bond acceptors (Lipinski definition) is 3. The maximum atomic E-state index is 12.7. The lowest BCUT2D eigenvalue weighted by Crippen LogP contribution is -2.06. The van der Waals surface area contributed by atoms with E-state index >= 15 is 0 Å². The molecule has 0 fully saturated rings. The number of halogens is 3. The molecule has 0 bridgehead atoms. The van der Waals surface area contributed by atoms with Crippen LogP contribution >= 0.6 is 0 Å². The first-order valence-corrected chi connectivity index (χ1v) is 7.77. The molecule has 136 valence electrons. The van der Waals surface area contributed by atoms with Gasteiger partial charge in [0.1, 0.15) is 0 Å². The van der Waals surface area contributed by atoms with Crippen LogP contribution in [0.1, 0.15) is 46.8 Å². The molecular formula is C19H16F3NO3. The monoisotopic (exact) mass is 363 g/mol. The fourth-order valence-corrected chi connectivity index (χ4v) is 2.43. The van der Waals surface area contributed by atoms with Gasteiger partial charge >= 0.3 is 6.18 Å². The van der Waals surface area contributed by atoms with Crippen LogP contribution in [-0.4, -0.2) is 10.7 Å². The molecule has 0 heterocycles. The molecule has 4 nitrogen and oxygen atoms in total. The quantitative estimate of drug-likeness (QED) is 0.299. The summed E-state index contributed by atoms with van der Waals surface area (Å²) in [6.45, 7) is 3.66. The van der Waals surface area contributed by atoms with Gasteiger partial charge in [-0.2, -0.15) is 13.2 Å². The van der Waals surface area contributed by atoms with Crippen molar-refractivity contribution >= 4 is 17.5 Å². The van der Waals surface area contributed by atoms with Gasteiger partial charge in [-0.15, -0.1) is 0 Å². The van der Waals surface area contributed by atoms with Crippen molar-refractivity contribution in [2.45, 2.75) is 25.9 Å². The fourth-order valence-electron chi connectivity index (χ4n) is 2.43. The van der Waals surface area contributed by atoms with E-state index in [1.54, 1.807) is 12.1 Å². The summed E-state index contributed by atoms with van der Waals surface area (Å²) in [4.78, 5) is 22.8. The number of alkyl halides is 3. The average Bonchev–Trinajstić information content (AvgIpc) is 2.58. The van der Waals surface area contributed by atoms with Gasteiger partial charge in [-0.25, -0.2) is 0 Å². The van der Waals surface area contributed by atoms with Crippen LogP contribution in [0.15, 0.2) is 48.5 Å². The largest absolute Gasteiger partial charge is 0.416 e. The third-order valence-electron chi connectivity index (χ3n) is 3.77. The van der Waals surface area contributed by atoms with Crippen molar-refractivity contribution in [1.82, 2.24) is 0 Å². The van der Waals surface area contributed by atoms with Crippen molar-refractivity contribution < 1.29 is 22.9 Å². The number of carbonyl (C=O) groups is 1. The smallest absolute Gasteiger partial charge is 0.289 e. The normalized spacial score (nSPS) is 11.9. The summed E-state index contributed by atoms with van der Waals surface area (Å²) in [6, 6.07) is 8.67. The molecule has 2 aromatic carbocycles. The van der Waals surface area contributed by atoms with Crippen molar-refractivity contribution in [2.24, 2.45) is 0 Å². The Balaban J connectivity index is 2.28. The van der Waals surface area contributed by atoms with E-state index in [0.717, 1.165) is 24.3 Å². The van der Waals surface area contributed by atoms with Gasteiger partial charge in [0.25, 0.3) is 5.69 Å². The molecule has 0 saturated heterocycles. The number of benzene rings is 2. The highest BCUT2D eigenvalue weighted by atomic mass is 19.4. The van der Waals surface area contributed by atoms with Gasteiger partial charge in [0.05, 0.1) is 10.5 Å². The molecule has 0 N–H and O–H groups in total. The molecule has 26 heavy (non-hydrogen) atoms. The first-order valence-electron chi connectivity index (χ1n) is 7.77. The predicted octanol–water partition coefficient (Wildman–Crippen LogP) is 5.63. The molecule has 0 atom stereocenters. The highest BCUT2D eigenvalue weighted by molar-refractivity contribution is 6.06. The Hall–Kier alpha value is -2.96. The van der Waals surface area contributed by atoms with Crippen LogP contribution in [0, 0.1) is 10.1 Å². The van der Waals surface area contributed by atoms with E-state index in [4.69, 9.17) is 0 Å². The number of ketones is 1. The van der Waals surface area contributed by atoms with Gasteiger partial charge < -0.3 is 0 Å². The zero-order valence-electron chi connectivity index (χ0n) is 14.1. The summed E-state index contributed by atoms with van der Waals surface area (Å²) in [5.74, 6) is -0.660. The molecule has 0 aliphatic carbocycles. The summed E-state index contributed by atoms with van der Waals surface area (Å²) >= 11 is 0. The Morgan fingerprint density at radius 2 is 1.85 bits per heavy atom. The molecule has 2 aromatic rings. The Morgan fingerprint density at radius 3 is 2.42 bits per heavy atom. The highest BCUT2D eigenvalue weighted by Gasteiger charge is 2.30. The molecular weight excluding hydrogens is 347 g/mol. The van der Waals surface area contributed by atoms with E-state index in [2.05, 4.69) is 0 Å². The third kappa shape index (κ3) is 4.56. The molecule has 0 aliphatic rings. The van der Waals surface area contributed by atoms with Crippen LogP contribution < -0.4 is 0 Å². The summed E-state index contributed by atoms with van der Waals surface area (Å²) in [5.41, 5.74) is -0.0931. The van der Waals surface area contributed by atoms with Crippen molar-refractivity contribution in [2.75, 3.05) is 0 Å². The minimum atomic E-state index is -4.53. The molecule has 0 radical (unpaired) electrons. The Labute approximate surface area is 148 Å². The lowest BCUT2D eigenvalue weighted by atomic mass is 9.99. The first kappa shape index (κ1) is 19.4. The van der Waals surface area contributed by atoms with Crippen LogP contribution in [0.3, 0.4) is 0 Å². The minimum absolute atomic E-state index is 0.0415. The molecule has 7 heteroatoms. The number of carbonyl (C=O) groups excluding carboxylic acids is 1. The van der Waals surface area contributed by atoms with Crippen LogP contribution in [0.4, 0.5) is 18.9 Å². The predicted molar refractivity (Wildman–Crippen MR) is 92.0 cm³/mol. The number of nitro groups is 1. The van der Waals surface area contributed by atoms with E-state index in [1.807, 2.05) is 13.8 Å². The third-order valence-corrected chi connectivity index (χ3v) is 3.77. The second kappa shape index (κ2) is 7.51. The van der Waals surface area contributed by atoms with E-state index < -0.39 is 22.4 Å². The summed E-state index contributed by atoms with van der Waals surface area (Å²) < 4.78 is 38.1. The molecule has 0 amide bonds. The standard InChI is InChI=1S/C19H16F3NO3/c1-12(2)16-8-6-13(10-17(16)23(25)26)7-9-18(24)14-4-3-5-15(11-14)19(20,21)22/h3-12H,1-2H3/b9-7+. The topological polar surface area (TPSA) is 60.2 Å². The molecule has 0 aromatic heterocycles. The van der Waals surface area contributed by atoms with Crippen LogP contribution in [0.2, 0.25) is 0 Å². The highest BCUT2D eigenvalue weighted by Crippen LogP contribution is 2.30. The number of nitro benzene ring substituents is 1. The van der Waals surface area contributed by atoms with Gasteiger partial charge in [-0.3, -0.25) is 14.9 Å². The van der Waals surface area contributed by atoms with Crippen LogP contribution in [-0.2, 0) is 6.18 Å². The lowest BCUT2D eigenvalue weighted by molar-refractivity contribution is -0.385. The Kier molecular flexibility index (Phi) is 5.59. The summed E-state index contributed by atoms with van der Waals surface area (Å²) in [5, 5.41) is 11.2. The molecule has 0 unspecified atom stereocenters. The van der Waals surface area contributed by atoms with Gasteiger partial charge in [-0.1, -0.05) is 44.2 Å². The molecule has 2 rings (SSSR count). The van der Waals surface area contributed by atoms with E-state index in [1.165, 1.54) is 18.2 Å². The van der Waals surface area contributed by atoms with Gasteiger partial charge in [-0.05, 0) is 29.7 Å². The Morgan fingerprint density at radius 1 is 1.15 bits per heavy atom. The summed E-state index contributed by atoms with van der Waals surface area (Å²) in [7, 11) is 0. The summed E-state index contributed by atoms with van der Waals surface area (Å²) in [6.07, 6.45) is -2.09. The number of hydrogen-bond donors (Lipinski definition) is 0. The second-order valence-corrected chi connectivity index (χ2v) is 6.01. The zero-order chi connectivity index (χ0) is 19.5.